The van der Waals surface area contributed by atoms with Crippen molar-refractivity contribution in [1.29, 1.82) is 0 Å². The number of halogens is 8. The molecule has 0 bridgehead atoms. The molecule has 9 N–H and O–H groups in total. The third-order valence-electron chi connectivity index (χ3n) is 23.4. The molecule has 8 aromatic rings. The Balaban J connectivity index is 0.000000388. The van der Waals surface area contributed by atoms with Crippen LogP contribution >= 0.6 is 74.4 Å². The zero-order valence-corrected chi connectivity index (χ0v) is 79.6. The highest BCUT2D eigenvalue weighted by molar-refractivity contribution is 5.97. The number of piperidine rings is 7. The number of primary amides is 1. The highest BCUT2D eigenvalue weighted by Crippen LogP contribution is 2.31. The molecule has 0 unspecified atom stereocenters. The van der Waals surface area contributed by atoms with Gasteiger partial charge >= 0.3 is 11.7 Å². The Morgan fingerprint density at radius 1 is 0.408 bits per heavy atom. The number of aromatic nitrogens is 1. The van der Waals surface area contributed by atoms with Crippen LogP contribution < -0.4 is 61.9 Å². The van der Waals surface area contributed by atoms with Crippen LogP contribution in [0.5, 0.6) is 23.0 Å². The van der Waals surface area contributed by atoms with Crippen molar-refractivity contribution in [2.75, 3.05) is 125 Å². The van der Waals surface area contributed by atoms with Crippen molar-refractivity contribution in [3.05, 3.63) is 250 Å². The van der Waals surface area contributed by atoms with Crippen LogP contribution in [0.2, 0.25) is 0 Å². The molecule has 8 heterocycles. The lowest BCUT2D eigenvalue weighted by Gasteiger charge is -2.23. The molecule has 7 aromatic carbocycles. The lowest BCUT2D eigenvalue weighted by Crippen LogP contribution is -2.32. The summed E-state index contributed by atoms with van der Waals surface area (Å²) in [6.45, 7) is 18.3. The van der Waals surface area contributed by atoms with Crippen LogP contribution in [0.1, 0.15) is 157 Å². The maximum Gasteiger partial charge on any atom is 0.341 e. The van der Waals surface area contributed by atoms with Gasteiger partial charge in [-0.2, -0.15) is 0 Å². The smallest absolute Gasteiger partial charge is 0.341 e. The van der Waals surface area contributed by atoms with Crippen molar-refractivity contribution >= 4 is 115 Å². The fraction of sp³-hybridized carbons (Fsp3) is 0.465. The molecule has 130 heavy (non-hydrogen) atoms. The number of ether oxygens (including phenoxy) is 5. The second kappa shape index (κ2) is 66.6. The molecule has 23 nitrogen and oxygen atoms in total. The van der Waals surface area contributed by atoms with Crippen LogP contribution in [0, 0.1) is 63.2 Å². The first-order valence-corrected chi connectivity index (χ1v) is 44.4. The number of pyridine rings is 1. The molecule has 7 aliphatic heterocycles. The predicted molar refractivity (Wildman–Crippen MR) is 525 cm³/mol. The molecular formula is C99H134Cl6F2N10O13. The number of nitrogens with two attached hydrogens (primary N) is 1. The Hall–Kier alpha value is -8.77. The molecule has 7 saturated heterocycles. The van der Waals surface area contributed by atoms with Gasteiger partial charge in [-0.05, 0) is 307 Å². The summed E-state index contributed by atoms with van der Waals surface area (Å²) >= 11 is 0. The number of aryl methyl sites for hydroxylation is 1. The van der Waals surface area contributed by atoms with Gasteiger partial charge in [0.05, 0.1) is 49.6 Å². The number of nitro benzene ring substituents is 1. The number of nitrogens with zero attached hydrogens (tertiary/aromatic N) is 2. The van der Waals surface area contributed by atoms with Gasteiger partial charge in [-0.15, -0.1) is 74.4 Å². The number of nitro groups is 1. The Bertz CT molecular complexity index is 4380. The van der Waals surface area contributed by atoms with E-state index in [1.165, 1.54) is 25.3 Å². The summed E-state index contributed by atoms with van der Waals surface area (Å²) < 4.78 is 54.3. The summed E-state index contributed by atoms with van der Waals surface area (Å²) in [6, 6.07) is 53.7. The van der Waals surface area contributed by atoms with Crippen molar-refractivity contribution < 1.29 is 66.2 Å². The van der Waals surface area contributed by atoms with E-state index in [2.05, 4.69) is 54.3 Å². The molecule has 31 heteroatoms. The number of Topliss-reactive ketones (excluding diaryl/α,β-unsaturated/α-hetero) is 4. The Kier molecular flexibility index (Phi) is 59.1. The van der Waals surface area contributed by atoms with Crippen LogP contribution in [-0.4, -0.2) is 170 Å². The second-order valence-electron chi connectivity index (χ2n) is 32.5. The highest BCUT2D eigenvalue weighted by Gasteiger charge is 2.26. The minimum Gasteiger partial charge on any atom is -0.493 e. The van der Waals surface area contributed by atoms with Crippen molar-refractivity contribution in [1.82, 2.24) is 42.2 Å². The topological polar surface area (TPSA) is 315 Å². The molecule has 0 radical (unpaired) electrons. The fourth-order valence-corrected chi connectivity index (χ4v) is 15.9. The summed E-state index contributed by atoms with van der Waals surface area (Å²) in [5, 5.41) is 33.9. The van der Waals surface area contributed by atoms with Crippen LogP contribution in [0.15, 0.2) is 194 Å². The number of nitrogens with one attached hydrogen (secondary N) is 7. The minimum atomic E-state index is -0.439. The SMILES string of the molecule is CC(=O)c1ccccc1OCC1CCNCC1.COC(=O)c1ccccc1OCC1CCNCC1.Cl.Cl.Cl.Cl.Cl.Cl.NC(=O)c1ccccc1OCC1CCNCC1.O=C(CCc1ccccc1F)C1CCNCC1.O=C(Cc1ccccc1-c1cccnc1)C1CCNCC1.O=C(Cc1ccccc1F)CC1CCNCC1.O=[N+]([O-])c1ccccc1OCC1CCNCC1. The minimum absolute atomic E-state index is 0. The monoisotopic (exact) mass is 1920 g/mol. The molecule has 1 aromatic heterocycles. The Morgan fingerprint density at radius 2 is 0.762 bits per heavy atom. The Labute approximate surface area is 803 Å². The standard InChI is InChI=1S/C18H20N2O.2C14H18FNO.C14H19NO3.C14H19NO2.C13H18N2O2.C12H16N2O3.6ClH/c21-18(14-7-10-19-11-8-14)12-15-4-1-2-6-17(15)16-5-3-9-20-13-16;15-14-4-2-1-3-12(14)10-13(17)9-11-5-7-16-8-6-11;15-13-4-2-1-3-11(13)5-6-14(17)12-7-9-16-10-8-12;1-17-14(16)12-4-2-3-5-13(12)18-10-11-6-8-15-9-7-11;1-11(16)13-4-2-3-5-14(13)17-10-12-6-8-15-9-7-12;14-13(16)11-3-1-2-4-12(11)17-9-10-5-7-15-8-6-10;15-14(16)11-3-1-2-4-12(11)17-9-10-5-7-13-8-6-10;;;;;;/h1-6,9,13-14,19H,7-8,10-12H2;1-4,11,16H,5-10H2;1-4,12,16H,5-10H2;2-5,11,15H,6-10H2,1H3;2-5,12,15H,6-10H2,1H3;1-4,10,15H,5-9H2,(H2,14,16);1-4,10,13H,5-9H2;6*1H. The van der Waals surface area contributed by atoms with Crippen LogP contribution in [-0.2, 0) is 38.4 Å². The molecule has 0 aliphatic carbocycles. The number of benzene rings is 7. The third-order valence-corrected chi connectivity index (χ3v) is 23.4. The van der Waals surface area contributed by atoms with E-state index in [0.29, 0.717) is 133 Å². The maximum absolute atomic E-state index is 13.4. The maximum atomic E-state index is 13.4. The summed E-state index contributed by atoms with van der Waals surface area (Å²) in [6.07, 6.45) is 20.8. The van der Waals surface area contributed by atoms with E-state index >= 15 is 0 Å². The number of esters is 1. The van der Waals surface area contributed by atoms with E-state index in [-0.39, 0.29) is 133 Å². The first-order chi connectivity index (χ1) is 60.5. The van der Waals surface area contributed by atoms with Crippen molar-refractivity contribution in [2.45, 2.75) is 129 Å². The molecule has 0 saturated carbocycles. The van der Waals surface area contributed by atoms with Gasteiger partial charge in [0.1, 0.15) is 51.8 Å². The first-order valence-electron chi connectivity index (χ1n) is 44.4. The van der Waals surface area contributed by atoms with Gasteiger partial charge in [0.2, 0.25) is 0 Å². The summed E-state index contributed by atoms with van der Waals surface area (Å²) in [5.41, 5.74) is 11.4. The molecule has 15 rings (SSSR count). The number of hydrogen-bond donors (Lipinski definition) is 8. The normalized spacial score (nSPS) is 15.8. The number of hydrogen-bond acceptors (Lipinski definition) is 21. The van der Waals surface area contributed by atoms with Crippen molar-refractivity contribution in [2.24, 2.45) is 47.2 Å². The molecular weight excluding hydrogens is 1790 g/mol. The van der Waals surface area contributed by atoms with Gasteiger partial charge < -0.3 is 66.6 Å². The van der Waals surface area contributed by atoms with Gasteiger partial charge in [0, 0.05) is 61.5 Å². The van der Waals surface area contributed by atoms with Crippen molar-refractivity contribution in [3.63, 3.8) is 0 Å². The van der Waals surface area contributed by atoms with E-state index in [9.17, 15) is 47.7 Å². The van der Waals surface area contributed by atoms with Gasteiger partial charge in [-0.25, -0.2) is 13.6 Å². The van der Waals surface area contributed by atoms with Gasteiger partial charge in [-0.1, -0.05) is 115 Å². The average Bonchev–Trinajstić information content (AvgIpc) is 0.829. The number of carbonyl (C=O) groups excluding carboxylic acids is 6. The predicted octanol–water partition coefficient (Wildman–Crippen LogP) is 17.3. The van der Waals surface area contributed by atoms with E-state index in [1.807, 2.05) is 85.1 Å². The largest absolute Gasteiger partial charge is 0.493 e. The van der Waals surface area contributed by atoms with Gasteiger partial charge in [-0.3, -0.25) is 39.1 Å². The van der Waals surface area contributed by atoms with E-state index in [1.54, 1.807) is 85.9 Å². The van der Waals surface area contributed by atoms with E-state index in [0.717, 1.165) is 204 Å². The molecule has 0 spiro atoms. The number of amides is 1. The first kappa shape index (κ1) is 115. The zero-order valence-electron chi connectivity index (χ0n) is 74.7. The summed E-state index contributed by atoms with van der Waals surface area (Å²) in [7, 11) is 1.38. The third kappa shape index (κ3) is 42.0. The van der Waals surface area contributed by atoms with Gasteiger partial charge in [0.15, 0.2) is 11.5 Å². The van der Waals surface area contributed by atoms with E-state index in [4.69, 9.17) is 29.4 Å². The highest BCUT2D eigenvalue weighted by atomic mass is 35.5. The lowest BCUT2D eigenvalue weighted by molar-refractivity contribution is -0.385. The molecule has 1 amide bonds. The van der Waals surface area contributed by atoms with Crippen LogP contribution in [0.25, 0.3) is 11.1 Å². The van der Waals surface area contributed by atoms with Crippen molar-refractivity contribution in [3.8, 4) is 34.1 Å². The van der Waals surface area contributed by atoms with Crippen LogP contribution in [0.3, 0.4) is 0 Å². The number of carbonyl (C=O) groups is 6. The second-order valence-corrected chi connectivity index (χ2v) is 32.5. The summed E-state index contributed by atoms with van der Waals surface area (Å²) in [4.78, 5) is 85.1. The van der Waals surface area contributed by atoms with E-state index < -0.39 is 10.8 Å². The molecule has 714 valence electrons. The number of rotatable bonds is 28. The quantitative estimate of drug-likeness (QED) is 0.00977. The summed E-state index contributed by atoms with van der Waals surface area (Å²) in [5.74, 6) is 5.03. The number of methoxy groups -OCH3 is 1. The molecule has 7 aliphatic rings. The number of ketones is 4. The zero-order chi connectivity index (χ0) is 87.7. The van der Waals surface area contributed by atoms with Gasteiger partial charge in [0.25, 0.3) is 5.91 Å². The van der Waals surface area contributed by atoms with Crippen LogP contribution in [0.4, 0.5) is 14.5 Å². The number of para-hydroxylation sites is 5. The fourth-order valence-electron chi connectivity index (χ4n) is 15.9. The molecule has 0 atom stereocenters. The molecule has 7 fully saturated rings. The lowest BCUT2D eigenvalue weighted by atomic mass is 9.88. The Morgan fingerprint density at radius 3 is 1.18 bits per heavy atom. The average molecular weight is 1920 g/mol.